The summed E-state index contributed by atoms with van der Waals surface area (Å²) in [6.45, 7) is 0. The highest BCUT2D eigenvalue weighted by atomic mass is 79.9. The van der Waals surface area contributed by atoms with Crippen LogP contribution in [0.2, 0.25) is 0 Å². The summed E-state index contributed by atoms with van der Waals surface area (Å²) in [4.78, 5) is 27.2. The van der Waals surface area contributed by atoms with Gasteiger partial charge in [-0.1, -0.05) is 28.1 Å². The third kappa shape index (κ3) is 3.89. The Morgan fingerprint density at radius 1 is 1.00 bits per heavy atom. The Morgan fingerprint density at radius 2 is 1.79 bits per heavy atom. The van der Waals surface area contributed by atoms with Crippen molar-refractivity contribution in [3.63, 3.8) is 0 Å². The van der Waals surface area contributed by atoms with Gasteiger partial charge in [-0.25, -0.2) is 4.98 Å². The predicted molar refractivity (Wildman–Crippen MR) is 75.6 cm³/mol. The van der Waals surface area contributed by atoms with Crippen LogP contribution in [0.15, 0.2) is 53.1 Å². The molecule has 0 atom stereocenters. The number of nitrogens with zero attached hydrogens (tertiary/aromatic N) is 1. The average Bonchev–Trinajstić information content (AvgIpc) is 2.40. The van der Waals surface area contributed by atoms with Gasteiger partial charge in [0.05, 0.1) is 0 Å². The van der Waals surface area contributed by atoms with Gasteiger partial charge >= 0.3 is 11.8 Å². The molecule has 2 amide bonds. The second-order valence-electron chi connectivity index (χ2n) is 3.63. The lowest BCUT2D eigenvalue weighted by Crippen LogP contribution is -2.29. The smallest absolute Gasteiger partial charge is 0.315 e. The lowest BCUT2D eigenvalue weighted by Gasteiger charge is -2.06. The van der Waals surface area contributed by atoms with Gasteiger partial charge in [-0.3, -0.25) is 9.59 Å². The number of carbonyl (C=O) groups excluding carboxylic acids is 2. The van der Waals surface area contributed by atoms with Gasteiger partial charge in [-0.2, -0.15) is 0 Å². The number of hydrogen-bond donors (Lipinski definition) is 2. The molecule has 0 aliphatic heterocycles. The lowest BCUT2D eigenvalue weighted by atomic mass is 10.3. The molecule has 0 spiro atoms. The molecule has 0 fully saturated rings. The molecule has 1 aromatic heterocycles. The highest BCUT2D eigenvalue weighted by molar-refractivity contribution is 9.10. The minimum absolute atomic E-state index is 0.330. The molecule has 0 unspecified atom stereocenters. The molecule has 96 valence electrons. The van der Waals surface area contributed by atoms with Crippen molar-refractivity contribution in [3.05, 3.63) is 53.1 Å². The van der Waals surface area contributed by atoms with Crippen LogP contribution in [-0.2, 0) is 9.59 Å². The number of rotatable bonds is 2. The molecule has 0 radical (unpaired) electrons. The molecule has 5 nitrogen and oxygen atoms in total. The second-order valence-corrected chi connectivity index (χ2v) is 4.55. The quantitative estimate of drug-likeness (QED) is 0.835. The summed E-state index contributed by atoms with van der Waals surface area (Å²) in [5, 5.41) is 4.90. The van der Waals surface area contributed by atoms with Gasteiger partial charge in [0.25, 0.3) is 0 Å². The summed E-state index contributed by atoms with van der Waals surface area (Å²) in [6, 6.07) is 12.0. The van der Waals surface area contributed by atoms with E-state index in [0.29, 0.717) is 11.5 Å². The maximum absolute atomic E-state index is 11.7. The van der Waals surface area contributed by atoms with Crippen molar-refractivity contribution in [2.75, 3.05) is 10.6 Å². The Hall–Kier alpha value is -2.21. The first-order chi connectivity index (χ1) is 9.15. The number of anilines is 2. The van der Waals surface area contributed by atoms with Gasteiger partial charge in [0.2, 0.25) is 0 Å². The zero-order valence-corrected chi connectivity index (χ0v) is 11.3. The molecule has 0 saturated carbocycles. The van der Waals surface area contributed by atoms with Crippen molar-refractivity contribution < 1.29 is 9.59 Å². The van der Waals surface area contributed by atoms with E-state index in [-0.39, 0.29) is 0 Å². The van der Waals surface area contributed by atoms with Crippen molar-refractivity contribution in [2.24, 2.45) is 0 Å². The Balaban J connectivity index is 1.98. The van der Waals surface area contributed by atoms with Crippen molar-refractivity contribution in [1.82, 2.24) is 4.98 Å². The largest absolute Gasteiger partial charge is 0.318 e. The molecular formula is C13H10BrN3O2. The minimum atomic E-state index is -0.765. The Kier molecular flexibility index (Phi) is 4.25. The molecule has 19 heavy (non-hydrogen) atoms. The summed E-state index contributed by atoms with van der Waals surface area (Å²) in [7, 11) is 0. The second kappa shape index (κ2) is 6.10. The molecule has 6 heteroatoms. The summed E-state index contributed by atoms with van der Waals surface area (Å²) < 4.78 is 0.815. The Bertz CT molecular complexity index is 602. The molecule has 2 rings (SSSR count). The van der Waals surface area contributed by atoms with Gasteiger partial charge in [-0.15, -0.1) is 0 Å². The number of nitrogens with one attached hydrogen (secondary N) is 2. The monoisotopic (exact) mass is 319 g/mol. The summed E-state index contributed by atoms with van der Waals surface area (Å²) in [5.41, 5.74) is 0.538. The number of benzene rings is 1. The van der Waals surface area contributed by atoms with E-state index in [1.165, 1.54) is 6.20 Å². The summed E-state index contributed by atoms with van der Waals surface area (Å²) in [5.74, 6) is -1.18. The number of pyridine rings is 1. The number of amides is 2. The van der Waals surface area contributed by atoms with E-state index in [4.69, 9.17) is 0 Å². The van der Waals surface area contributed by atoms with Gasteiger partial charge in [-0.05, 0) is 30.3 Å². The van der Waals surface area contributed by atoms with Crippen molar-refractivity contribution in [2.45, 2.75) is 0 Å². The van der Waals surface area contributed by atoms with E-state index in [1.54, 1.807) is 36.4 Å². The van der Waals surface area contributed by atoms with E-state index in [2.05, 4.69) is 31.5 Å². The molecule has 0 aliphatic carbocycles. The standard InChI is InChI=1S/C13H10BrN3O2/c14-9-4-3-5-10(8-9)16-12(18)13(19)17-11-6-1-2-7-15-11/h1-8H,(H,16,18)(H,15,17,19). The van der Waals surface area contributed by atoms with E-state index >= 15 is 0 Å². The molecule has 2 N–H and O–H groups in total. The minimum Gasteiger partial charge on any atom is -0.318 e. The zero-order valence-electron chi connectivity index (χ0n) is 9.76. The van der Waals surface area contributed by atoms with Crippen LogP contribution in [-0.4, -0.2) is 16.8 Å². The van der Waals surface area contributed by atoms with E-state index in [0.717, 1.165) is 4.47 Å². The summed E-state index contributed by atoms with van der Waals surface area (Å²) in [6.07, 6.45) is 1.53. The van der Waals surface area contributed by atoms with Crippen LogP contribution in [0.25, 0.3) is 0 Å². The molecule has 0 aliphatic rings. The number of carbonyl (C=O) groups is 2. The van der Waals surface area contributed by atoms with Gasteiger partial charge in [0, 0.05) is 16.4 Å². The molecule has 1 aromatic carbocycles. The molecule has 2 aromatic rings. The molecule has 1 heterocycles. The van der Waals surface area contributed by atoms with Crippen LogP contribution in [0.4, 0.5) is 11.5 Å². The molecule has 0 bridgehead atoms. The highest BCUT2D eigenvalue weighted by Gasteiger charge is 2.14. The topological polar surface area (TPSA) is 71.1 Å². The van der Waals surface area contributed by atoms with Crippen molar-refractivity contribution >= 4 is 39.2 Å². The lowest BCUT2D eigenvalue weighted by molar-refractivity contribution is -0.133. The fourth-order valence-corrected chi connectivity index (χ4v) is 1.76. The van der Waals surface area contributed by atoms with E-state index in [1.807, 2.05) is 6.07 Å². The number of halogens is 1. The zero-order chi connectivity index (χ0) is 13.7. The van der Waals surface area contributed by atoms with Crippen LogP contribution in [0.3, 0.4) is 0 Å². The maximum atomic E-state index is 11.7. The molecule has 0 saturated heterocycles. The first-order valence-corrected chi connectivity index (χ1v) is 6.23. The fourth-order valence-electron chi connectivity index (χ4n) is 1.36. The van der Waals surface area contributed by atoms with E-state index < -0.39 is 11.8 Å². The van der Waals surface area contributed by atoms with Crippen LogP contribution >= 0.6 is 15.9 Å². The van der Waals surface area contributed by atoms with Crippen molar-refractivity contribution in [1.29, 1.82) is 0 Å². The SMILES string of the molecule is O=C(Nc1cccc(Br)c1)C(=O)Nc1ccccn1. The van der Waals surface area contributed by atoms with Gasteiger partial charge in [0.15, 0.2) is 0 Å². The summed E-state index contributed by atoms with van der Waals surface area (Å²) >= 11 is 3.28. The highest BCUT2D eigenvalue weighted by Crippen LogP contribution is 2.15. The maximum Gasteiger partial charge on any atom is 0.315 e. The van der Waals surface area contributed by atoms with Gasteiger partial charge < -0.3 is 10.6 Å². The third-order valence-electron chi connectivity index (χ3n) is 2.20. The van der Waals surface area contributed by atoms with Crippen molar-refractivity contribution in [3.8, 4) is 0 Å². The van der Waals surface area contributed by atoms with E-state index in [9.17, 15) is 9.59 Å². The first-order valence-electron chi connectivity index (χ1n) is 5.44. The van der Waals surface area contributed by atoms with Crippen LogP contribution < -0.4 is 10.6 Å². The predicted octanol–water partition coefficient (Wildman–Crippen LogP) is 2.42. The number of aromatic nitrogens is 1. The Labute approximate surface area is 118 Å². The third-order valence-corrected chi connectivity index (χ3v) is 2.69. The van der Waals surface area contributed by atoms with Crippen LogP contribution in [0, 0.1) is 0 Å². The number of hydrogen-bond acceptors (Lipinski definition) is 3. The Morgan fingerprint density at radius 3 is 2.47 bits per heavy atom. The van der Waals surface area contributed by atoms with Crippen LogP contribution in [0.5, 0.6) is 0 Å². The normalized spacial score (nSPS) is 9.74. The first kappa shape index (κ1) is 13.2. The fraction of sp³-hybridized carbons (Fsp3) is 0. The van der Waals surface area contributed by atoms with Gasteiger partial charge in [0.1, 0.15) is 5.82 Å². The average molecular weight is 320 g/mol. The van der Waals surface area contributed by atoms with Crippen LogP contribution in [0.1, 0.15) is 0 Å². The molecular weight excluding hydrogens is 310 g/mol.